The molecule has 0 amide bonds. The quantitative estimate of drug-likeness (QED) is 0.303. The Labute approximate surface area is 130 Å². The number of alkyl halides is 1. The van der Waals surface area contributed by atoms with E-state index in [1.807, 2.05) is 0 Å². The van der Waals surface area contributed by atoms with Crippen molar-refractivity contribution in [3.05, 3.63) is 0 Å². The fourth-order valence-corrected chi connectivity index (χ4v) is 0.980. The van der Waals surface area contributed by atoms with Crippen molar-refractivity contribution in [3.63, 3.8) is 0 Å². The van der Waals surface area contributed by atoms with Gasteiger partial charge in [0, 0.05) is 26.9 Å². The maximum atomic E-state index is 9.24. The zero-order chi connectivity index (χ0) is 15.1. The van der Waals surface area contributed by atoms with Crippen LogP contribution in [0, 0.1) is 0 Å². The van der Waals surface area contributed by atoms with Gasteiger partial charge in [0.1, 0.15) is 8.62 Å². The monoisotopic (exact) mass is 548 g/mol. The Morgan fingerprint density at radius 1 is 0.842 bits per heavy atom. The molecular formula is C2H5ClO11P4W. The van der Waals surface area contributed by atoms with E-state index < -0.39 is 33.0 Å². The first-order valence-electron chi connectivity index (χ1n) is 3.27. The van der Waals surface area contributed by atoms with Crippen LogP contribution in [0.3, 0.4) is 0 Å². The summed E-state index contributed by atoms with van der Waals surface area (Å²) in [6, 6.07) is 0. The second kappa shape index (κ2) is 21.4. The summed E-state index contributed by atoms with van der Waals surface area (Å²) in [7, 11) is -12.9. The van der Waals surface area contributed by atoms with Gasteiger partial charge in [0.25, 0.3) is 0 Å². The number of hydrogen-bond acceptors (Lipinski definition) is 11. The summed E-state index contributed by atoms with van der Waals surface area (Å²) in [5.74, 6) is 0.347. The fraction of sp³-hybridized carbons (Fsp3) is 1.00. The van der Waals surface area contributed by atoms with E-state index in [9.17, 15) is 37.8 Å². The summed E-state index contributed by atoms with van der Waals surface area (Å²) in [6.07, 6.45) is 0. The minimum Gasteiger partial charge on any atom is -0.563 e. The summed E-state index contributed by atoms with van der Waals surface area (Å²) in [6.45, 7) is 0.0849. The molecular weight excluding hydrogens is 543 g/mol. The molecule has 0 aliphatic heterocycles. The van der Waals surface area contributed by atoms with E-state index in [4.69, 9.17) is 16.7 Å². The average Bonchev–Trinajstić information content (AvgIpc) is 2.14. The number of hydrogen-bond donors (Lipinski definition) is 1. The Balaban J connectivity index is -0.0000000900. The maximum Gasteiger partial charge on any atom is 0.543 e. The molecule has 0 radical (unpaired) electrons. The van der Waals surface area contributed by atoms with Crippen LogP contribution in [0.25, 0.3) is 0 Å². The average molecular weight is 548 g/mol. The van der Waals surface area contributed by atoms with E-state index in [-0.39, 0.29) is 27.7 Å². The largest absolute Gasteiger partial charge is 0.563 e. The number of aliphatic hydroxyl groups excluding tert-OH is 1. The SMILES string of the molecule is O=[P+]([O-])O[P+](=O)[O-].O=[P+]([O-])O[P+](=O)[O-].OCCCl.[W]. The first kappa shape index (κ1) is 28.3. The zero-order valence-electron chi connectivity index (χ0n) is 8.52. The van der Waals surface area contributed by atoms with Crippen LogP contribution < -0.4 is 19.6 Å². The molecule has 0 aliphatic rings. The smallest absolute Gasteiger partial charge is 0.543 e. The van der Waals surface area contributed by atoms with Crippen molar-refractivity contribution in [1.29, 1.82) is 0 Å². The summed E-state index contributed by atoms with van der Waals surface area (Å²) in [5.41, 5.74) is 0. The van der Waals surface area contributed by atoms with Gasteiger partial charge in [0.05, 0.1) is 6.61 Å². The molecule has 1 N–H and O–H groups in total. The molecule has 0 fully saturated rings. The van der Waals surface area contributed by atoms with Crippen LogP contribution in [0.4, 0.5) is 0 Å². The second-order valence-electron chi connectivity index (χ2n) is 1.47. The summed E-state index contributed by atoms with van der Waals surface area (Å²) in [5, 5.41) is 7.74. The van der Waals surface area contributed by atoms with Gasteiger partial charge in [-0.1, -0.05) is 0 Å². The fourth-order valence-electron chi connectivity index (χ4n) is 0.109. The molecule has 112 valence electrons. The Morgan fingerprint density at radius 2 is 1.00 bits per heavy atom. The summed E-state index contributed by atoms with van der Waals surface area (Å²) >= 11 is 4.94. The topological polar surface area (TPSA) is 199 Å². The maximum absolute atomic E-state index is 9.24. The minimum atomic E-state index is -3.24. The molecule has 4 unspecified atom stereocenters. The van der Waals surface area contributed by atoms with E-state index in [1.165, 1.54) is 0 Å². The van der Waals surface area contributed by atoms with E-state index in [0.717, 1.165) is 0 Å². The van der Waals surface area contributed by atoms with Gasteiger partial charge in [0.2, 0.25) is 0 Å². The van der Waals surface area contributed by atoms with Crippen LogP contribution in [-0.4, -0.2) is 17.6 Å². The first-order valence-corrected chi connectivity index (χ1v) is 8.19. The molecule has 0 bridgehead atoms. The van der Waals surface area contributed by atoms with E-state index in [0.29, 0.717) is 5.88 Å². The van der Waals surface area contributed by atoms with Crippen LogP contribution in [-0.2, 0) is 47.9 Å². The summed E-state index contributed by atoms with van der Waals surface area (Å²) in [4.78, 5) is 37.0. The van der Waals surface area contributed by atoms with Crippen LogP contribution >= 0.6 is 44.6 Å². The van der Waals surface area contributed by atoms with E-state index in [1.54, 1.807) is 0 Å². The summed E-state index contributed by atoms with van der Waals surface area (Å²) < 4.78 is 43.3. The molecule has 0 aliphatic carbocycles. The minimum absolute atomic E-state index is 0. The van der Waals surface area contributed by atoms with Crippen LogP contribution in [0.15, 0.2) is 0 Å². The molecule has 0 aromatic heterocycles. The Kier molecular flexibility index (Phi) is 31.9. The number of halogens is 1. The molecule has 0 spiro atoms. The van der Waals surface area contributed by atoms with Gasteiger partial charge in [-0.3, -0.25) is 0 Å². The normalized spacial score (nSPS) is 11.5. The molecule has 4 atom stereocenters. The van der Waals surface area contributed by atoms with E-state index >= 15 is 0 Å². The van der Waals surface area contributed by atoms with Crippen molar-refractivity contribution < 1.29 is 72.6 Å². The van der Waals surface area contributed by atoms with Gasteiger partial charge < -0.3 is 24.7 Å². The molecule has 0 saturated heterocycles. The molecule has 19 heavy (non-hydrogen) atoms. The third-order valence-corrected chi connectivity index (χ3v) is 2.65. The van der Waals surface area contributed by atoms with Crippen molar-refractivity contribution in [1.82, 2.24) is 0 Å². The molecule has 0 aromatic rings. The van der Waals surface area contributed by atoms with Crippen LogP contribution in [0.1, 0.15) is 0 Å². The molecule has 0 heterocycles. The molecule has 0 aromatic carbocycles. The molecule has 17 heteroatoms. The van der Waals surface area contributed by atoms with Crippen LogP contribution in [0.2, 0.25) is 0 Å². The molecule has 0 saturated carbocycles. The van der Waals surface area contributed by atoms with Gasteiger partial charge in [0.15, 0.2) is 0 Å². The van der Waals surface area contributed by atoms with Gasteiger partial charge in [-0.2, -0.15) is 0 Å². The van der Waals surface area contributed by atoms with Gasteiger partial charge in [-0.15, -0.1) is 11.6 Å². The zero-order valence-corrected chi connectivity index (χ0v) is 15.8. The van der Waals surface area contributed by atoms with Crippen molar-refractivity contribution in [2.45, 2.75) is 0 Å². The third kappa shape index (κ3) is 54.8. The third-order valence-electron chi connectivity index (χ3n) is 0.351. The standard InChI is InChI=1S/C2H5ClO.2O5P2.W/c3-1-2-4;2*1-6(2)5-7(3)4;/h4H,1-2H2;;;. The number of aliphatic hydroxyl groups is 1. The second-order valence-corrected chi connectivity index (χ2v) is 4.94. The first-order chi connectivity index (χ1) is 8.17. The van der Waals surface area contributed by atoms with Crippen molar-refractivity contribution >= 4 is 44.6 Å². The molecule has 0 rings (SSSR count). The van der Waals surface area contributed by atoms with Crippen molar-refractivity contribution in [3.8, 4) is 0 Å². The van der Waals surface area contributed by atoms with Crippen molar-refractivity contribution in [2.24, 2.45) is 0 Å². The van der Waals surface area contributed by atoms with E-state index in [2.05, 4.69) is 8.62 Å². The molecule has 11 nitrogen and oxygen atoms in total. The Bertz CT molecular complexity index is 234. The van der Waals surface area contributed by atoms with Crippen LogP contribution in [0.5, 0.6) is 0 Å². The predicted octanol–water partition coefficient (Wildman–Crippen LogP) is -1.71. The van der Waals surface area contributed by atoms with Gasteiger partial charge >= 0.3 is 33.0 Å². The van der Waals surface area contributed by atoms with Gasteiger partial charge in [-0.25, -0.2) is 0 Å². The predicted molar refractivity (Wildman–Crippen MR) is 50.4 cm³/mol. The van der Waals surface area contributed by atoms with Gasteiger partial charge in [-0.05, 0) is 18.3 Å². The number of rotatable bonds is 5. The Morgan fingerprint density at radius 3 is 1.00 bits per heavy atom. The van der Waals surface area contributed by atoms with Crippen molar-refractivity contribution in [2.75, 3.05) is 12.5 Å². The Hall–Kier alpha value is 1.10.